The van der Waals surface area contributed by atoms with E-state index >= 15 is 0 Å². The van der Waals surface area contributed by atoms with Crippen molar-refractivity contribution in [3.8, 4) is 0 Å². The third-order valence-corrected chi connectivity index (χ3v) is 0.613. The third kappa shape index (κ3) is 46.7. The Morgan fingerprint density at radius 3 is 1.43 bits per heavy atom. The van der Waals surface area contributed by atoms with Crippen molar-refractivity contribution in [2.24, 2.45) is 0 Å². The minimum Gasteiger partial charge on any atom is -0.478 e. The quantitative estimate of drug-likeness (QED) is 0.376. The molecule has 2 N–H and O–H groups in total. The van der Waals surface area contributed by atoms with E-state index < -0.39 is 11.9 Å². The number of thiol groups is 1. The minimum absolute atomic E-state index is 0.130. The fourth-order valence-corrected chi connectivity index (χ4v) is 0. The van der Waals surface area contributed by atoms with Gasteiger partial charge in [0.2, 0.25) is 0 Å². The summed E-state index contributed by atoms with van der Waals surface area (Å²) in [7, 11) is 0. The average molecular weight is 218 g/mol. The molecule has 0 unspecified atom stereocenters. The van der Waals surface area contributed by atoms with Gasteiger partial charge in [0, 0.05) is 6.08 Å². The maximum absolute atomic E-state index is 9.52. The van der Waals surface area contributed by atoms with Gasteiger partial charge in [0.1, 0.15) is 0 Å². The predicted molar refractivity (Wildman–Crippen MR) is 59.5 cm³/mol. The van der Waals surface area contributed by atoms with Crippen molar-refractivity contribution in [1.82, 2.24) is 0 Å². The highest BCUT2D eigenvalue weighted by atomic mass is 32.1. The normalized spacial score (nSPS) is 6.43. The molecule has 0 atom stereocenters. The van der Waals surface area contributed by atoms with E-state index in [0.29, 0.717) is 0 Å². The van der Waals surface area contributed by atoms with Gasteiger partial charge in [-0.1, -0.05) is 19.2 Å². The molecule has 0 amide bonds. The van der Waals surface area contributed by atoms with Gasteiger partial charge in [-0.25, -0.2) is 9.59 Å². The van der Waals surface area contributed by atoms with Crippen molar-refractivity contribution >= 4 is 24.6 Å². The van der Waals surface area contributed by atoms with E-state index in [1.54, 1.807) is 6.08 Å². The van der Waals surface area contributed by atoms with E-state index in [0.717, 1.165) is 6.08 Å². The van der Waals surface area contributed by atoms with Crippen LogP contribution in [-0.4, -0.2) is 22.2 Å². The van der Waals surface area contributed by atoms with Crippen molar-refractivity contribution in [3.63, 3.8) is 0 Å². The summed E-state index contributed by atoms with van der Waals surface area (Å²) < 4.78 is 0. The summed E-state index contributed by atoms with van der Waals surface area (Å²) in [6.07, 6.45) is 2.58. The molecule has 0 aromatic rings. The van der Waals surface area contributed by atoms with Crippen LogP contribution < -0.4 is 0 Å². The van der Waals surface area contributed by atoms with Crippen molar-refractivity contribution in [2.45, 2.75) is 6.92 Å². The molecule has 0 aromatic heterocycles. The van der Waals surface area contributed by atoms with Gasteiger partial charge < -0.3 is 10.2 Å². The second-order valence-corrected chi connectivity index (χ2v) is 2.24. The fraction of sp³-hybridized carbons (Fsp3) is 0.111. The van der Waals surface area contributed by atoms with Crippen LogP contribution in [0.4, 0.5) is 0 Å². The summed E-state index contributed by atoms with van der Waals surface area (Å²) in [5, 5.41) is 15.4. The zero-order valence-corrected chi connectivity index (χ0v) is 8.83. The van der Waals surface area contributed by atoms with Gasteiger partial charge in [-0.15, -0.1) is 19.2 Å². The van der Waals surface area contributed by atoms with Gasteiger partial charge in [0.05, 0.1) is 4.91 Å². The summed E-state index contributed by atoms with van der Waals surface area (Å²) >= 11 is 3.40. The first-order valence-electron chi connectivity index (χ1n) is 3.37. The molecule has 0 bridgehead atoms. The van der Waals surface area contributed by atoms with Crippen LogP contribution in [0.25, 0.3) is 0 Å². The summed E-state index contributed by atoms with van der Waals surface area (Å²) in [6, 6.07) is 0. The number of aliphatic carboxylic acids is 2. The predicted octanol–water partition coefficient (Wildman–Crippen LogP) is 1.96. The van der Waals surface area contributed by atoms with Crippen molar-refractivity contribution in [1.29, 1.82) is 0 Å². The molecule has 0 radical (unpaired) electrons. The fourth-order valence-electron chi connectivity index (χ4n) is 0. The number of hydrogen-bond donors (Lipinski definition) is 3. The van der Waals surface area contributed by atoms with E-state index in [1.165, 1.54) is 0 Å². The van der Waals surface area contributed by atoms with Gasteiger partial charge in [-0.2, -0.15) is 0 Å². The van der Waals surface area contributed by atoms with Crippen molar-refractivity contribution in [3.05, 3.63) is 36.8 Å². The molecule has 14 heavy (non-hydrogen) atoms. The zero-order chi connectivity index (χ0) is 12.1. The second kappa shape index (κ2) is 14.1. The molecule has 4 nitrogen and oxygen atoms in total. The molecule has 5 heteroatoms. The van der Waals surface area contributed by atoms with E-state index in [2.05, 4.69) is 32.4 Å². The standard InChI is InChI=1S/C3H4O2S.C3H4O2.C3H6/c1-2(6)3(4)5;1-2-3(4)5;1-3-2/h6H,1H2,(H,4,5);2H,1H2,(H,4,5);3H,1H2,2H3. The Bertz CT molecular complexity index is 209. The summed E-state index contributed by atoms with van der Waals surface area (Å²) in [6.45, 7) is 11.2. The Hall–Kier alpha value is -1.49. The first kappa shape index (κ1) is 18.3. The van der Waals surface area contributed by atoms with Crippen LogP contribution in [0.2, 0.25) is 0 Å². The molecule has 0 heterocycles. The maximum atomic E-state index is 9.52. The molecule has 0 aliphatic rings. The van der Waals surface area contributed by atoms with Crippen LogP contribution in [0.5, 0.6) is 0 Å². The van der Waals surface area contributed by atoms with Crippen LogP contribution >= 0.6 is 12.6 Å². The Labute approximate surface area is 88.7 Å². The number of hydrogen-bond acceptors (Lipinski definition) is 3. The molecular weight excluding hydrogens is 204 g/mol. The summed E-state index contributed by atoms with van der Waals surface area (Å²) in [5.41, 5.74) is 0. The highest BCUT2D eigenvalue weighted by Gasteiger charge is 1.91. The Morgan fingerprint density at radius 2 is 1.43 bits per heavy atom. The van der Waals surface area contributed by atoms with Gasteiger partial charge in [-0.3, -0.25) is 0 Å². The number of carboxylic acids is 2. The van der Waals surface area contributed by atoms with Gasteiger partial charge in [0.15, 0.2) is 0 Å². The molecule has 80 valence electrons. The van der Waals surface area contributed by atoms with Crippen LogP contribution in [0.3, 0.4) is 0 Å². The van der Waals surface area contributed by atoms with Gasteiger partial charge in [0.25, 0.3) is 0 Å². The Kier molecular flexibility index (Phi) is 18.4. The van der Waals surface area contributed by atoms with E-state index in [-0.39, 0.29) is 4.91 Å². The lowest BCUT2D eigenvalue weighted by molar-refractivity contribution is -0.132. The molecule has 0 saturated carbocycles. The number of rotatable bonds is 2. The number of allylic oxidation sites excluding steroid dienone is 1. The van der Waals surface area contributed by atoms with Crippen molar-refractivity contribution < 1.29 is 19.8 Å². The molecule has 0 saturated heterocycles. The monoisotopic (exact) mass is 218 g/mol. The highest BCUT2D eigenvalue weighted by molar-refractivity contribution is 7.85. The largest absolute Gasteiger partial charge is 0.478 e. The second-order valence-electron chi connectivity index (χ2n) is 1.70. The first-order chi connectivity index (χ1) is 6.33. The van der Waals surface area contributed by atoms with E-state index in [1.807, 2.05) is 6.92 Å². The van der Waals surface area contributed by atoms with Crippen molar-refractivity contribution in [2.75, 3.05) is 0 Å². The van der Waals surface area contributed by atoms with E-state index in [4.69, 9.17) is 10.2 Å². The molecule has 0 aromatic carbocycles. The van der Waals surface area contributed by atoms with Crippen LogP contribution in [-0.2, 0) is 9.59 Å². The lowest BCUT2D eigenvalue weighted by atomic mass is 10.7. The van der Waals surface area contributed by atoms with Gasteiger partial charge in [-0.05, 0) is 6.92 Å². The molecule has 0 rings (SSSR count). The maximum Gasteiger partial charge on any atom is 0.341 e. The van der Waals surface area contributed by atoms with Crippen LogP contribution in [0.15, 0.2) is 36.8 Å². The Balaban J connectivity index is -0.000000138. The van der Waals surface area contributed by atoms with Crippen LogP contribution in [0.1, 0.15) is 6.92 Å². The number of carboxylic acid groups (broad SMARTS) is 2. The first-order valence-corrected chi connectivity index (χ1v) is 3.81. The smallest absolute Gasteiger partial charge is 0.341 e. The lowest BCUT2D eigenvalue weighted by Crippen LogP contribution is -1.89. The lowest BCUT2D eigenvalue weighted by Gasteiger charge is -1.78. The van der Waals surface area contributed by atoms with E-state index in [9.17, 15) is 9.59 Å². The minimum atomic E-state index is -1.07. The van der Waals surface area contributed by atoms with Crippen LogP contribution in [0, 0.1) is 0 Å². The zero-order valence-electron chi connectivity index (χ0n) is 7.93. The SMILES string of the molecule is C=C(S)C(=O)O.C=CC.C=CC(=O)O. The third-order valence-electron chi connectivity index (χ3n) is 0.421. The summed E-state index contributed by atoms with van der Waals surface area (Å²) in [5.74, 6) is -2.05. The average Bonchev–Trinajstić information content (AvgIpc) is 2.06. The highest BCUT2D eigenvalue weighted by Crippen LogP contribution is 1.91. The van der Waals surface area contributed by atoms with Gasteiger partial charge >= 0.3 is 11.9 Å². The summed E-state index contributed by atoms with van der Waals surface area (Å²) in [4.78, 5) is 18.6. The molecule has 0 aliphatic heterocycles. The Morgan fingerprint density at radius 1 is 1.29 bits per heavy atom. The topological polar surface area (TPSA) is 74.6 Å². The molecule has 0 spiro atoms. The molecular formula is C9H14O4S. The molecule has 0 aliphatic carbocycles. The molecule has 0 fully saturated rings. The number of carbonyl (C=O) groups is 2.